The van der Waals surface area contributed by atoms with Gasteiger partial charge in [-0.3, -0.25) is 4.68 Å². The Labute approximate surface area is 173 Å². The van der Waals surface area contributed by atoms with E-state index in [1.165, 1.54) is 5.56 Å². The number of anilines is 1. The topological polar surface area (TPSA) is 80.8 Å². The van der Waals surface area contributed by atoms with E-state index in [0.29, 0.717) is 0 Å². The van der Waals surface area contributed by atoms with E-state index in [4.69, 9.17) is 4.98 Å². The van der Waals surface area contributed by atoms with E-state index in [1.54, 1.807) is 16.0 Å². The number of imidazole rings is 1. The van der Waals surface area contributed by atoms with Crippen LogP contribution in [0.2, 0.25) is 0 Å². The van der Waals surface area contributed by atoms with Crippen molar-refractivity contribution in [2.75, 3.05) is 5.32 Å². The molecule has 1 aliphatic carbocycles. The summed E-state index contributed by atoms with van der Waals surface area (Å²) in [6, 6.07) is 6.49. The number of benzene rings is 1. The molecule has 2 atom stereocenters. The zero-order chi connectivity index (χ0) is 19.8. The van der Waals surface area contributed by atoms with E-state index in [1.807, 2.05) is 32.0 Å². The molecular formula is C21H24N6OS. The van der Waals surface area contributed by atoms with Crippen LogP contribution >= 0.6 is 11.3 Å². The second-order valence-corrected chi connectivity index (χ2v) is 8.79. The van der Waals surface area contributed by atoms with Gasteiger partial charge in [-0.1, -0.05) is 30.2 Å². The quantitative estimate of drug-likeness (QED) is 0.527. The standard InChI is InChI=1S/C21H24N6OS/c1-26-11-15(9-23-26)18-12-27(13-22-18)10-14-6-7-17-20(8-14)29-21(25-17)24-16-4-2-3-5-19(16)28/h6-9,11-13,16,19,28H,2-5,10H2,1H3,(H,24,25). The molecule has 1 aromatic carbocycles. The predicted octanol–water partition coefficient (Wildman–Crippen LogP) is 3.66. The molecule has 1 saturated carbocycles. The minimum atomic E-state index is -0.276. The van der Waals surface area contributed by atoms with Crippen molar-refractivity contribution in [2.24, 2.45) is 7.05 Å². The van der Waals surface area contributed by atoms with Crippen molar-refractivity contribution in [3.05, 3.63) is 48.7 Å². The van der Waals surface area contributed by atoms with Gasteiger partial charge >= 0.3 is 0 Å². The lowest BCUT2D eigenvalue weighted by molar-refractivity contribution is 0.116. The Morgan fingerprint density at radius 3 is 2.97 bits per heavy atom. The molecular weight excluding hydrogens is 384 g/mol. The predicted molar refractivity (Wildman–Crippen MR) is 115 cm³/mol. The van der Waals surface area contributed by atoms with Crippen LogP contribution in [0.3, 0.4) is 0 Å². The van der Waals surface area contributed by atoms with Gasteiger partial charge in [-0.15, -0.1) is 0 Å². The van der Waals surface area contributed by atoms with Crippen LogP contribution in [0.1, 0.15) is 31.2 Å². The number of aromatic nitrogens is 5. The third-order valence-electron chi connectivity index (χ3n) is 5.49. The van der Waals surface area contributed by atoms with Gasteiger partial charge in [0.15, 0.2) is 5.13 Å². The van der Waals surface area contributed by atoms with Gasteiger partial charge in [0.05, 0.1) is 40.6 Å². The molecule has 8 heteroatoms. The maximum Gasteiger partial charge on any atom is 0.184 e. The first-order chi connectivity index (χ1) is 14.1. The van der Waals surface area contributed by atoms with E-state index < -0.39 is 0 Å². The summed E-state index contributed by atoms with van der Waals surface area (Å²) in [5, 5.41) is 18.7. The van der Waals surface area contributed by atoms with Crippen molar-refractivity contribution in [3.63, 3.8) is 0 Å². The van der Waals surface area contributed by atoms with Crippen LogP contribution < -0.4 is 5.32 Å². The normalized spacial score (nSPS) is 19.7. The molecule has 0 amide bonds. The number of nitrogens with zero attached hydrogens (tertiary/aromatic N) is 5. The molecule has 4 aromatic rings. The first-order valence-corrected chi connectivity index (χ1v) is 10.8. The molecule has 2 N–H and O–H groups in total. The lowest BCUT2D eigenvalue weighted by Crippen LogP contribution is -2.36. The number of hydrogen-bond donors (Lipinski definition) is 2. The molecule has 0 spiro atoms. The van der Waals surface area contributed by atoms with Crippen molar-refractivity contribution in [3.8, 4) is 11.3 Å². The first kappa shape index (κ1) is 18.3. The third-order valence-corrected chi connectivity index (χ3v) is 6.44. The smallest absolute Gasteiger partial charge is 0.184 e. The van der Waals surface area contributed by atoms with E-state index in [0.717, 1.165) is 58.8 Å². The van der Waals surface area contributed by atoms with Gasteiger partial charge in [-0.05, 0) is 30.5 Å². The van der Waals surface area contributed by atoms with Gasteiger partial charge in [0, 0.05) is 31.5 Å². The van der Waals surface area contributed by atoms with E-state index in [-0.39, 0.29) is 12.1 Å². The fourth-order valence-electron chi connectivity index (χ4n) is 3.93. The fraction of sp³-hybridized carbons (Fsp3) is 0.381. The Morgan fingerprint density at radius 2 is 2.14 bits per heavy atom. The van der Waals surface area contributed by atoms with Crippen molar-refractivity contribution in [1.29, 1.82) is 0 Å². The van der Waals surface area contributed by atoms with E-state index >= 15 is 0 Å². The summed E-state index contributed by atoms with van der Waals surface area (Å²) in [4.78, 5) is 9.20. The van der Waals surface area contributed by atoms with E-state index in [2.05, 4.69) is 38.2 Å². The van der Waals surface area contributed by atoms with Crippen molar-refractivity contribution in [2.45, 2.75) is 44.4 Å². The van der Waals surface area contributed by atoms with Crippen LogP contribution in [0.4, 0.5) is 5.13 Å². The molecule has 3 heterocycles. The van der Waals surface area contributed by atoms with Crippen LogP contribution in [0.15, 0.2) is 43.1 Å². The van der Waals surface area contributed by atoms with Crippen LogP contribution in [0.25, 0.3) is 21.5 Å². The van der Waals surface area contributed by atoms with Crippen molar-refractivity contribution >= 4 is 26.7 Å². The molecule has 0 radical (unpaired) electrons. The molecule has 3 aromatic heterocycles. The maximum absolute atomic E-state index is 10.2. The van der Waals surface area contributed by atoms with Gasteiger partial charge in [0.25, 0.3) is 0 Å². The van der Waals surface area contributed by atoms with Gasteiger partial charge in [-0.25, -0.2) is 9.97 Å². The number of aliphatic hydroxyl groups excluding tert-OH is 1. The van der Waals surface area contributed by atoms with Crippen molar-refractivity contribution < 1.29 is 5.11 Å². The maximum atomic E-state index is 10.2. The second kappa shape index (κ2) is 7.61. The van der Waals surface area contributed by atoms with Crippen LogP contribution in [-0.4, -0.2) is 41.6 Å². The largest absolute Gasteiger partial charge is 0.391 e. The SMILES string of the molecule is Cn1cc(-c2cn(Cc3ccc4nc(NC5CCCCC5O)sc4c3)cn2)cn1. The molecule has 29 heavy (non-hydrogen) atoms. The van der Waals surface area contributed by atoms with Crippen LogP contribution in [0.5, 0.6) is 0 Å². The average molecular weight is 409 g/mol. The Kier molecular flexibility index (Phi) is 4.81. The molecule has 7 nitrogen and oxygen atoms in total. The zero-order valence-electron chi connectivity index (χ0n) is 16.3. The lowest BCUT2D eigenvalue weighted by atomic mass is 9.93. The highest BCUT2D eigenvalue weighted by molar-refractivity contribution is 7.22. The third kappa shape index (κ3) is 3.90. The molecule has 0 saturated heterocycles. The molecule has 150 valence electrons. The Morgan fingerprint density at radius 1 is 1.24 bits per heavy atom. The number of aliphatic hydroxyl groups is 1. The number of rotatable bonds is 5. The summed E-state index contributed by atoms with van der Waals surface area (Å²) in [6.45, 7) is 0.755. The highest BCUT2D eigenvalue weighted by atomic mass is 32.1. The number of aryl methyl sites for hydroxylation is 1. The number of nitrogens with one attached hydrogen (secondary N) is 1. The Balaban J connectivity index is 1.32. The van der Waals surface area contributed by atoms with E-state index in [9.17, 15) is 5.11 Å². The number of hydrogen-bond acceptors (Lipinski definition) is 6. The molecule has 0 bridgehead atoms. The summed E-state index contributed by atoms with van der Waals surface area (Å²) >= 11 is 1.65. The summed E-state index contributed by atoms with van der Waals surface area (Å²) < 4.78 is 5.02. The lowest BCUT2D eigenvalue weighted by Gasteiger charge is -2.27. The molecule has 1 aliphatic rings. The van der Waals surface area contributed by atoms with Crippen molar-refractivity contribution in [1.82, 2.24) is 24.3 Å². The minimum Gasteiger partial charge on any atom is -0.391 e. The second-order valence-electron chi connectivity index (χ2n) is 7.76. The fourth-order valence-corrected chi connectivity index (χ4v) is 4.92. The summed E-state index contributed by atoms with van der Waals surface area (Å²) in [7, 11) is 1.91. The monoisotopic (exact) mass is 408 g/mol. The molecule has 2 unspecified atom stereocenters. The molecule has 1 fully saturated rings. The van der Waals surface area contributed by atoms with Gasteiger partial charge < -0.3 is 15.0 Å². The van der Waals surface area contributed by atoms with Gasteiger partial charge in [0.2, 0.25) is 0 Å². The van der Waals surface area contributed by atoms with Crippen LogP contribution in [0, 0.1) is 0 Å². The molecule has 0 aliphatic heterocycles. The minimum absolute atomic E-state index is 0.112. The Hall–Kier alpha value is -2.71. The zero-order valence-corrected chi connectivity index (χ0v) is 17.1. The highest BCUT2D eigenvalue weighted by Crippen LogP contribution is 2.30. The first-order valence-electron chi connectivity index (χ1n) is 9.99. The van der Waals surface area contributed by atoms with Crippen LogP contribution in [-0.2, 0) is 13.6 Å². The van der Waals surface area contributed by atoms with Gasteiger partial charge in [0.1, 0.15) is 0 Å². The van der Waals surface area contributed by atoms with Gasteiger partial charge in [-0.2, -0.15) is 5.10 Å². The summed E-state index contributed by atoms with van der Waals surface area (Å²) in [5.74, 6) is 0. The Bertz CT molecular complexity index is 1130. The summed E-state index contributed by atoms with van der Waals surface area (Å²) in [5.41, 5.74) is 4.15. The summed E-state index contributed by atoms with van der Waals surface area (Å²) in [6.07, 6.45) is 11.6. The molecule has 5 rings (SSSR count). The highest BCUT2D eigenvalue weighted by Gasteiger charge is 2.23. The number of thiazole rings is 1. The number of fused-ring (bicyclic) bond motifs is 1. The average Bonchev–Trinajstić information content (AvgIpc) is 3.43.